The number of para-hydroxylation sites is 1. The standard InChI is InChI=1S/C15H21FN2O2/c1-3-20-14-12(7-4-8-13(14)16)15(19)18-9-5-6-11(10-18)17-2/h4,7-8,11,17H,3,5-6,9-10H2,1-2H3/t11-/m0/s1. The summed E-state index contributed by atoms with van der Waals surface area (Å²) >= 11 is 0. The van der Waals surface area contributed by atoms with Gasteiger partial charge in [0.2, 0.25) is 0 Å². The fourth-order valence-electron chi connectivity index (χ4n) is 2.54. The summed E-state index contributed by atoms with van der Waals surface area (Å²) in [5.74, 6) is -0.584. The number of amides is 1. The molecule has 1 heterocycles. The Labute approximate surface area is 118 Å². The molecule has 110 valence electrons. The molecule has 0 radical (unpaired) electrons. The zero-order valence-corrected chi connectivity index (χ0v) is 12.0. The number of likely N-dealkylation sites (N-methyl/N-ethyl adjacent to an activating group) is 1. The minimum Gasteiger partial charge on any atom is -0.490 e. The molecule has 20 heavy (non-hydrogen) atoms. The van der Waals surface area contributed by atoms with E-state index in [-0.39, 0.29) is 11.7 Å². The van der Waals surface area contributed by atoms with Crippen molar-refractivity contribution in [2.75, 3.05) is 26.7 Å². The SMILES string of the molecule is CCOc1c(F)cccc1C(=O)N1CCC[C@H](NC)C1. The van der Waals surface area contributed by atoms with E-state index in [2.05, 4.69) is 5.32 Å². The number of hydrogen-bond donors (Lipinski definition) is 1. The molecule has 1 saturated heterocycles. The van der Waals surface area contributed by atoms with Gasteiger partial charge in [0.1, 0.15) is 0 Å². The van der Waals surface area contributed by atoms with Crippen LogP contribution >= 0.6 is 0 Å². The van der Waals surface area contributed by atoms with E-state index in [1.165, 1.54) is 6.07 Å². The lowest BCUT2D eigenvalue weighted by Crippen LogP contribution is -2.47. The first kappa shape index (κ1) is 14.8. The molecule has 0 bridgehead atoms. The van der Waals surface area contributed by atoms with Crippen molar-refractivity contribution in [3.63, 3.8) is 0 Å². The third-order valence-electron chi connectivity index (χ3n) is 3.60. The molecule has 1 aromatic carbocycles. The largest absolute Gasteiger partial charge is 0.490 e. The lowest BCUT2D eigenvalue weighted by molar-refractivity contribution is 0.0693. The highest BCUT2D eigenvalue weighted by atomic mass is 19.1. The Kier molecular flexibility index (Phi) is 4.95. The fourth-order valence-corrected chi connectivity index (χ4v) is 2.54. The number of benzene rings is 1. The summed E-state index contributed by atoms with van der Waals surface area (Å²) in [4.78, 5) is 14.3. The molecule has 0 aromatic heterocycles. The van der Waals surface area contributed by atoms with Gasteiger partial charge in [-0.1, -0.05) is 6.07 Å². The Hall–Kier alpha value is -1.62. The maximum atomic E-state index is 13.8. The highest BCUT2D eigenvalue weighted by Gasteiger charge is 2.26. The van der Waals surface area contributed by atoms with Crippen molar-refractivity contribution in [3.05, 3.63) is 29.6 Å². The summed E-state index contributed by atoms with van der Waals surface area (Å²) in [6, 6.07) is 4.79. The van der Waals surface area contributed by atoms with Gasteiger partial charge in [0.05, 0.1) is 12.2 Å². The van der Waals surface area contributed by atoms with Gasteiger partial charge in [-0.15, -0.1) is 0 Å². The first-order valence-corrected chi connectivity index (χ1v) is 7.05. The summed E-state index contributed by atoms with van der Waals surface area (Å²) in [7, 11) is 1.90. The molecule has 4 nitrogen and oxygen atoms in total. The number of likely N-dealkylation sites (tertiary alicyclic amines) is 1. The van der Waals surface area contributed by atoms with E-state index in [1.54, 1.807) is 24.0 Å². The molecule has 1 aromatic rings. The number of hydrogen-bond acceptors (Lipinski definition) is 3. The van der Waals surface area contributed by atoms with Crippen LogP contribution in [0.15, 0.2) is 18.2 Å². The Morgan fingerprint density at radius 2 is 2.35 bits per heavy atom. The highest BCUT2D eigenvalue weighted by molar-refractivity contribution is 5.97. The quantitative estimate of drug-likeness (QED) is 0.918. The molecular formula is C15H21FN2O2. The van der Waals surface area contributed by atoms with Crippen LogP contribution in [0.25, 0.3) is 0 Å². The first-order chi connectivity index (χ1) is 9.67. The summed E-state index contributed by atoms with van der Waals surface area (Å²) in [5, 5.41) is 3.19. The van der Waals surface area contributed by atoms with Crippen LogP contribution in [0.1, 0.15) is 30.1 Å². The van der Waals surface area contributed by atoms with Crippen LogP contribution in [0.2, 0.25) is 0 Å². The van der Waals surface area contributed by atoms with Crippen molar-refractivity contribution in [1.29, 1.82) is 0 Å². The Morgan fingerprint density at radius 3 is 3.05 bits per heavy atom. The first-order valence-electron chi connectivity index (χ1n) is 7.05. The topological polar surface area (TPSA) is 41.6 Å². The van der Waals surface area contributed by atoms with Gasteiger partial charge in [-0.25, -0.2) is 4.39 Å². The predicted molar refractivity (Wildman–Crippen MR) is 75.6 cm³/mol. The fraction of sp³-hybridized carbons (Fsp3) is 0.533. The molecule has 1 atom stereocenters. The van der Waals surface area contributed by atoms with Crippen LogP contribution in [0, 0.1) is 5.82 Å². The van der Waals surface area contributed by atoms with Gasteiger partial charge in [-0.2, -0.15) is 0 Å². The molecule has 1 aliphatic heterocycles. The monoisotopic (exact) mass is 280 g/mol. The smallest absolute Gasteiger partial charge is 0.257 e. The molecular weight excluding hydrogens is 259 g/mol. The Bertz CT molecular complexity index is 479. The molecule has 0 spiro atoms. The summed E-state index contributed by atoms with van der Waals surface area (Å²) in [6.45, 7) is 3.47. The second kappa shape index (κ2) is 6.70. The Morgan fingerprint density at radius 1 is 1.55 bits per heavy atom. The normalized spacial score (nSPS) is 18.9. The van der Waals surface area contributed by atoms with E-state index in [0.29, 0.717) is 31.3 Å². The van der Waals surface area contributed by atoms with Crippen LogP contribution in [-0.2, 0) is 0 Å². The van der Waals surface area contributed by atoms with E-state index < -0.39 is 5.82 Å². The molecule has 2 rings (SSSR count). The molecule has 1 N–H and O–H groups in total. The molecule has 1 fully saturated rings. The summed E-state index contributed by atoms with van der Waals surface area (Å²) in [5.41, 5.74) is 0.309. The average molecular weight is 280 g/mol. The number of piperidine rings is 1. The van der Waals surface area contributed by atoms with Crippen LogP contribution in [0.4, 0.5) is 4.39 Å². The lowest BCUT2D eigenvalue weighted by atomic mass is 10.0. The van der Waals surface area contributed by atoms with Gasteiger partial charge in [-0.3, -0.25) is 4.79 Å². The van der Waals surface area contributed by atoms with E-state index in [1.807, 2.05) is 7.05 Å². The highest BCUT2D eigenvalue weighted by Crippen LogP contribution is 2.25. The molecule has 0 aliphatic carbocycles. The van der Waals surface area contributed by atoms with Crippen molar-refractivity contribution in [3.8, 4) is 5.75 Å². The minimum absolute atomic E-state index is 0.0616. The number of nitrogens with one attached hydrogen (secondary N) is 1. The number of carbonyl (C=O) groups excluding carboxylic acids is 1. The zero-order valence-electron chi connectivity index (χ0n) is 12.0. The third-order valence-corrected chi connectivity index (χ3v) is 3.60. The second-order valence-corrected chi connectivity index (χ2v) is 4.93. The number of carbonyl (C=O) groups is 1. The van der Waals surface area contributed by atoms with Gasteiger partial charge in [0.15, 0.2) is 11.6 Å². The number of ether oxygens (including phenoxy) is 1. The number of nitrogens with zero attached hydrogens (tertiary/aromatic N) is 1. The van der Waals surface area contributed by atoms with E-state index in [4.69, 9.17) is 4.74 Å². The number of halogens is 1. The van der Waals surface area contributed by atoms with Gasteiger partial charge in [0.25, 0.3) is 5.91 Å². The third kappa shape index (κ3) is 3.10. The van der Waals surface area contributed by atoms with Gasteiger partial charge in [-0.05, 0) is 38.9 Å². The molecule has 1 amide bonds. The van der Waals surface area contributed by atoms with E-state index in [0.717, 1.165) is 12.8 Å². The van der Waals surface area contributed by atoms with Crippen LogP contribution in [0.5, 0.6) is 5.75 Å². The molecule has 0 saturated carbocycles. The van der Waals surface area contributed by atoms with Gasteiger partial charge < -0.3 is 15.0 Å². The van der Waals surface area contributed by atoms with E-state index >= 15 is 0 Å². The average Bonchev–Trinajstić information content (AvgIpc) is 2.49. The van der Waals surface area contributed by atoms with Crippen molar-refractivity contribution < 1.29 is 13.9 Å². The minimum atomic E-state index is -0.486. The maximum absolute atomic E-state index is 13.8. The molecule has 5 heteroatoms. The maximum Gasteiger partial charge on any atom is 0.257 e. The van der Waals surface area contributed by atoms with Crippen molar-refractivity contribution in [2.45, 2.75) is 25.8 Å². The van der Waals surface area contributed by atoms with Crippen LogP contribution < -0.4 is 10.1 Å². The summed E-state index contributed by atoms with van der Waals surface area (Å²) in [6.07, 6.45) is 2.01. The zero-order chi connectivity index (χ0) is 14.5. The Balaban J connectivity index is 2.22. The molecule has 0 unspecified atom stereocenters. The summed E-state index contributed by atoms with van der Waals surface area (Å²) < 4.78 is 19.1. The molecule has 1 aliphatic rings. The van der Waals surface area contributed by atoms with Crippen molar-refractivity contribution in [2.24, 2.45) is 0 Å². The predicted octanol–water partition coefficient (Wildman–Crippen LogP) is 2.05. The van der Waals surface area contributed by atoms with Crippen LogP contribution in [0.3, 0.4) is 0 Å². The van der Waals surface area contributed by atoms with Crippen molar-refractivity contribution >= 4 is 5.91 Å². The van der Waals surface area contributed by atoms with Crippen molar-refractivity contribution in [1.82, 2.24) is 10.2 Å². The number of rotatable bonds is 4. The van der Waals surface area contributed by atoms with E-state index in [9.17, 15) is 9.18 Å². The van der Waals surface area contributed by atoms with Gasteiger partial charge in [0, 0.05) is 19.1 Å². The lowest BCUT2D eigenvalue weighted by Gasteiger charge is -2.33. The van der Waals surface area contributed by atoms with Gasteiger partial charge >= 0.3 is 0 Å². The van der Waals surface area contributed by atoms with Crippen LogP contribution in [-0.4, -0.2) is 43.6 Å². The second-order valence-electron chi connectivity index (χ2n) is 4.93.